The van der Waals surface area contributed by atoms with Crippen molar-refractivity contribution in [3.05, 3.63) is 0 Å². The molecule has 78 valence electrons. The molecule has 3 heterocycles. The molecular weight excluding hydrogens is 178 g/mol. The average molecular weight is 195 g/mol. The van der Waals surface area contributed by atoms with Crippen LogP contribution in [0.4, 0.5) is 0 Å². The summed E-state index contributed by atoms with van der Waals surface area (Å²) in [6.45, 7) is 3.99. The molecule has 2 unspecified atom stereocenters. The number of hydrogen-bond acceptors (Lipinski definition) is 3. The molecule has 3 N–H and O–H groups in total. The standard InChI is InChI=1S/C10H17N3O/c14-9-8-7(5-12-9)6-13-10(8)1-3-11-4-2-10/h7-8,11,13H,1-6H2,(H,12,14). The van der Waals surface area contributed by atoms with Gasteiger partial charge in [0.05, 0.1) is 5.92 Å². The van der Waals surface area contributed by atoms with Crippen LogP contribution in [-0.2, 0) is 4.79 Å². The van der Waals surface area contributed by atoms with Gasteiger partial charge in [-0.15, -0.1) is 0 Å². The normalized spacial score (nSPS) is 39.9. The molecule has 4 nitrogen and oxygen atoms in total. The van der Waals surface area contributed by atoms with Crippen molar-refractivity contribution in [2.45, 2.75) is 18.4 Å². The summed E-state index contributed by atoms with van der Waals surface area (Å²) >= 11 is 0. The number of fused-ring (bicyclic) bond motifs is 2. The van der Waals surface area contributed by atoms with E-state index in [0.717, 1.165) is 39.0 Å². The zero-order chi connectivity index (χ0) is 9.60. The molecule has 3 fully saturated rings. The van der Waals surface area contributed by atoms with Crippen molar-refractivity contribution in [3.63, 3.8) is 0 Å². The molecule has 0 radical (unpaired) electrons. The summed E-state index contributed by atoms with van der Waals surface area (Å²) in [5.74, 6) is 1.06. The lowest BCUT2D eigenvalue weighted by Crippen LogP contribution is -2.54. The lowest BCUT2D eigenvalue weighted by Gasteiger charge is -2.37. The monoisotopic (exact) mass is 195 g/mol. The predicted molar refractivity (Wildman–Crippen MR) is 52.8 cm³/mol. The summed E-state index contributed by atoms with van der Waals surface area (Å²) in [6, 6.07) is 0. The zero-order valence-corrected chi connectivity index (χ0v) is 8.31. The topological polar surface area (TPSA) is 53.2 Å². The van der Waals surface area contributed by atoms with E-state index in [2.05, 4.69) is 16.0 Å². The van der Waals surface area contributed by atoms with E-state index >= 15 is 0 Å². The van der Waals surface area contributed by atoms with Crippen molar-refractivity contribution < 1.29 is 4.79 Å². The first kappa shape index (κ1) is 8.68. The lowest BCUT2D eigenvalue weighted by atomic mass is 9.76. The molecule has 0 saturated carbocycles. The summed E-state index contributed by atoms with van der Waals surface area (Å²) in [5, 5.41) is 9.96. The van der Waals surface area contributed by atoms with Crippen LogP contribution in [0, 0.1) is 11.8 Å². The number of carbonyl (C=O) groups is 1. The molecule has 3 aliphatic heterocycles. The van der Waals surface area contributed by atoms with Gasteiger partial charge >= 0.3 is 0 Å². The van der Waals surface area contributed by atoms with Gasteiger partial charge in [-0.1, -0.05) is 0 Å². The Morgan fingerprint density at radius 2 is 2.00 bits per heavy atom. The van der Waals surface area contributed by atoms with Gasteiger partial charge in [-0.25, -0.2) is 0 Å². The van der Waals surface area contributed by atoms with Crippen LogP contribution in [0.3, 0.4) is 0 Å². The van der Waals surface area contributed by atoms with Crippen LogP contribution >= 0.6 is 0 Å². The maximum absolute atomic E-state index is 11.8. The maximum Gasteiger partial charge on any atom is 0.225 e. The SMILES string of the molecule is O=C1NCC2CNC3(CCNCC3)C12. The second-order valence-electron chi connectivity index (χ2n) is 4.77. The number of hydrogen-bond donors (Lipinski definition) is 3. The van der Waals surface area contributed by atoms with Crippen molar-refractivity contribution in [1.29, 1.82) is 0 Å². The van der Waals surface area contributed by atoms with E-state index in [9.17, 15) is 4.79 Å². The second-order valence-corrected chi connectivity index (χ2v) is 4.77. The fraction of sp³-hybridized carbons (Fsp3) is 0.900. The quantitative estimate of drug-likeness (QED) is 0.468. The molecule has 3 rings (SSSR count). The minimum absolute atomic E-state index is 0.122. The minimum atomic E-state index is 0.122. The molecule has 4 heteroatoms. The van der Waals surface area contributed by atoms with Crippen LogP contribution in [-0.4, -0.2) is 37.6 Å². The molecule has 3 aliphatic rings. The first-order valence-electron chi connectivity index (χ1n) is 5.55. The van der Waals surface area contributed by atoms with E-state index in [0.29, 0.717) is 5.92 Å². The highest BCUT2D eigenvalue weighted by Crippen LogP contribution is 2.40. The minimum Gasteiger partial charge on any atom is -0.355 e. The third-order valence-electron chi connectivity index (χ3n) is 4.10. The van der Waals surface area contributed by atoms with Gasteiger partial charge in [-0.3, -0.25) is 4.79 Å². The van der Waals surface area contributed by atoms with Crippen LogP contribution in [0.2, 0.25) is 0 Å². The van der Waals surface area contributed by atoms with E-state index in [-0.39, 0.29) is 17.4 Å². The Hall–Kier alpha value is -0.610. The van der Waals surface area contributed by atoms with Gasteiger partial charge in [-0.05, 0) is 25.9 Å². The van der Waals surface area contributed by atoms with E-state index in [1.807, 2.05) is 0 Å². The molecule has 0 aromatic rings. The summed E-state index contributed by atoms with van der Waals surface area (Å²) < 4.78 is 0. The Morgan fingerprint density at radius 1 is 1.21 bits per heavy atom. The average Bonchev–Trinajstić information content (AvgIpc) is 2.73. The first-order valence-corrected chi connectivity index (χ1v) is 5.55. The molecule has 2 atom stereocenters. The summed E-state index contributed by atoms with van der Waals surface area (Å²) in [6.07, 6.45) is 2.20. The molecule has 1 spiro atoms. The van der Waals surface area contributed by atoms with Crippen molar-refractivity contribution in [2.75, 3.05) is 26.2 Å². The highest BCUT2D eigenvalue weighted by atomic mass is 16.2. The van der Waals surface area contributed by atoms with Crippen LogP contribution in [0.25, 0.3) is 0 Å². The van der Waals surface area contributed by atoms with Crippen LogP contribution in [0.1, 0.15) is 12.8 Å². The fourth-order valence-corrected chi connectivity index (χ4v) is 3.37. The number of rotatable bonds is 0. The van der Waals surface area contributed by atoms with Gasteiger partial charge in [0, 0.05) is 24.5 Å². The number of carbonyl (C=O) groups excluding carboxylic acids is 1. The Balaban J connectivity index is 1.88. The number of amides is 1. The van der Waals surface area contributed by atoms with Crippen LogP contribution in [0.15, 0.2) is 0 Å². The molecule has 3 saturated heterocycles. The highest BCUT2D eigenvalue weighted by molar-refractivity contribution is 5.83. The van der Waals surface area contributed by atoms with E-state index in [1.54, 1.807) is 0 Å². The van der Waals surface area contributed by atoms with E-state index in [4.69, 9.17) is 0 Å². The molecule has 0 aromatic heterocycles. The van der Waals surface area contributed by atoms with Crippen molar-refractivity contribution in [3.8, 4) is 0 Å². The van der Waals surface area contributed by atoms with E-state index < -0.39 is 0 Å². The predicted octanol–water partition coefficient (Wildman–Crippen LogP) is -0.926. The van der Waals surface area contributed by atoms with Gasteiger partial charge in [0.1, 0.15) is 0 Å². The van der Waals surface area contributed by atoms with Crippen LogP contribution < -0.4 is 16.0 Å². The third-order valence-corrected chi connectivity index (χ3v) is 4.10. The summed E-state index contributed by atoms with van der Waals surface area (Å²) in [7, 11) is 0. The molecule has 1 amide bonds. The van der Waals surface area contributed by atoms with E-state index in [1.165, 1.54) is 0 Å². The maximum atomic E-state index is 11.8. The third kappa shape index (κ3) is 1.04. The first-order chi connectivity index (χ1) is 6.82. The summed E-state index contributed by atoms with van der Waals surface area (Å²) in [5.41, 5.74) is 0.122. The Kier molecular flexibility index (Phi) is 1.82. The van der Waals surface area contributed by atoms with Gasteiger partial charge in [0.15, 0.2) is 0 Å². The molecular formula is C10H17N3O. The number of piperidine rings is 1. The largest absolute Gasteiger partial charge is 0.355 e. The molecule has 0 bridgehead atoms. The molecule has 0 aromatic carbocycles. The van der Waals surface area contributed by atoms with Crippen LogP contribution in [0.5, 0.6) is 0 Å². The van der Waals surface area contributed by atoms with Gasteiger partial charge in [0.2, 0.25) is 5.91 Å². The summed E-state index contributed by atoms with van der Waals surface area (Å²) in [4.78, 5) is 11.8. The Bertz CT molecular complexity index is 255. The smallest absolute Gasteiger partial charge is 0.225 e. The van der Waals surface area contributed by atoms with Crippen molar-refractivity contribution in [2.24, 2.45) is 11.8 Å². The zero-order valence-electron chi connectivity index (χ0n) is 8.31. The Morgan fingerprint density at radius 3 is 2.79 bits per heavy atom. The lowest BCUT2D eigenvalue weighted by molar-refractivity contribution is -0.124. The second kappa shape index (κ2) is 2.94. The Labute approximate surface area is 83.8 Å². The van der Waals surface area contributed by atoms with Gasteiger partial charge < -0.3 is 16.0 Å². The molecule has 0 aliphatic carbocycles. The highest BCUT2D eigenvalue weighted by Gasteiger charge is 2.54. The van der Waals surface area contributed by atoms with Gasteiger partial charge in [-0.2, -0.15) is 0 Å². The molecule has 14 heavy (non-hydrogen) atoms. The van der Waals surface area contributed by atoms with Crippen molar-refractivity contribution in [1.82, 2.24) is 16.0 Å². The van der Waals surface area contributed by atoms with Crippen molar-refractivity contribution >= 4 is 5.91 Å². The van der Waals surface area contributed by atoms with Gasteiger partial charge in [0.25, 0.3) is 0 Å². The number of nitrogens with one attached hydrogen (secondary N) is 3. The fourth-order valence-electron chi connectivity index (χ4n) is 3.37.